The molecule has 0 fully saturated rings. The van der Waals surface area contributed by atoms with Crippen LogP contribution in [0.5, 0.6) is 5.75 Å². The Morgan fingerprint density at radius 2 is 2.11 bits per heavy atom. The number of anilines is 1. The first-order valence-corrected chi connectivity index (χ1v) is 8.92. The van der Waals surface area contributed by atoms with Crippen LogP contribution in [0.3, 0.4) is 0 Å². The van der Waals surface area contributed by atoms with Crippen LogP contribution in [0.4, 0.5) is 10.8 Å². The smallest absolute Gasteiger partial charge is 0.270 e. The van der Waals surface area contributed by atoms with Crippen LogP contribution >= 0.6 is 23.6 Å². The molecule has 10 heteroatoms. The van der Waals surface area contributed by atoms with Crippen LogP contribution < -0.4 is 15.4 Å². The molecule has 0 spiro atoms. The second-order valence-corrected chi connectivity index (χ2v) is 6.93. The van der Waals surface area contributed by atoms with E-state index in [1.807, 2.05) is 13.0 Å². The van der Waals surface area contributed by atoms with Crippen molar-refractivity contribution in [2.24, 2.45) is 0 Å². The Hall–Kier alpha value is -3.11. The Labute approximate surface area is 163 Å². The van der Waals surface area contributed by atoms with Crippen molar-refractivity contribution in [3.63, 3.8) is 0 Å². The van der Waals surface area contributed by atoms with Crippen LogP contribution in [-0.4, -0.2) is 28.0 Å². The minimum Gasteiger partial charge on any atom is -0.496 e. The monoisotopic (exact) mass is 402 g/mol. The minimum absolute atomic E-state index is 0.0138. The Kier molecular flexibility index (Phi) is 5.28. The second-order valence-electron chi connectivity index (χ2n) is 5.49. The molecule has 1 aromatic heterocycles. The van der Waals surface area contributed by atoms with Gasteiger partial charge in [-0.3, -0.25) is 20.2 Å². The molecule has 138 valence electrons. The Bertz CT molecular complexity index is 1060. The van der Waals surface area contributed by atoms with Gasteiger partial charge in [0.25, 0.3) is 11.6 Å². The van der Waals surface area contributed by atoms with E-state index in [2.05, 4.69) is 15.6 Å². The lowest BCUT2D eigenvalue weighted by Crippen LogP contribution is -2.34. The third kappa shape index (κ3) is 4.01. The van der Waals surface area contributed by atoms with Gasteiger partial charge in [0.05, 0.1) is 27.8 Å². The number of carbonyl (C=O) groups excluding carboxylic acids is 1. The lowest BCUT2D eigenvalue weighted by molar-refractivity contribution is -0.384. The van der Waals surface area contributed by atoms with Gasteiger partial charge in [-0.05, 0) is 36.8 Å². The van der Waals surface area contributed by atoms with Crippen molar-refractivity contribution >= 4 is 55.6 Å². The number of benzene rings is 2. The summed E-state index contributed by atoms with van der Waals surface area (Å²) in [5.74, 6) is 0.0647. The molecule has 3 rings (SSSR count). The number of nitro benzene ring substituents is 1. The summed E-state index contributed by atoms with van der Waals surface area (Å²) in [5, 5.41) is 16.8. The lowest BCUT2D eigenvalue weighted by Gasteiger charge is -2.12. The van der Waals surface area contributed by atoms with E-state index < -0.39 is 10.8 Å². The zero-order valence-corrected chi connectivity index (χ0v) is 15.9. The van der Waals surface area contributed by atoms with Gasteiger partial charge in [-0.25, -0.2) is 4.98 Å². The summed E-state index contributed by atoms with van der Waals surface area (Å²) in [6.45, 7) is 1.84. The lowest BCUT2D eigenvalue weighted by atomic mass is 10.1. The molecule has 3 aromatic rings. The normalized spacial score (nSPS) is 10.4. The highest BCUT2D eigenvalue weighted by Crippen LogP contribution is 2.29. The topological polar surface area (TPSA) is 106 Å². The van der Waals surface area contributed by atoms with Gasteiger partial charge >= 0.3 is 0 Å². The van der Waals surface area contributed by atoms with Gasteiger partial charge in [0, 0.05) is 12.1 Å². The fourth-order valence-electron chi connectivity index (χ4n) is 2.48. The molecular weight excluding hydrogens is 388 g/mol. The fourth-order valence-corrected chi connectivity index (χ4v) is 3.64. The number of nitrogens with zero attached hydrogens (tertiary/aromatic N) is 2. The third-order valence-corrected chi connectivity index (χ3v) is 4.83. The average molecular weight is 402 g/mol. The molecule has 0 unspecified atom stereocenters. The third-order valence-electron chi connectivity index (χ3n) is 3.69. The van der Waals surface area contributed by atoms with Crippen LogP contribution in [-0.2, 0) is 0 Å². The standard InChI is InChI=1S/C17H14N4O4S2/c1-9-4-3-5-11(14(9)25-2)15(22)19-16(26)20-17-18-12-7-6-10(21(23)24)8-13(12)27-17/h3-8H,1-2H3,(H2,18,19,20,22,26). The van der Waals surface area contributed by atoms with E-state index in [1.54, 1.807) is 18.2 Å². The van der Waals surface area contributed by atoms with Gasteiger partial charge < -0.3 is 10.1 Å². The average Bonchev–Trinajstić information content (AvgIpc) is 3.02. The maximum absolute atomic E-state index is 12.5. The van der Waals surface area contributed by atoms with Crippen LogP contribution in [0.1, 0.15) is 15.9 Å². The number of aryl methyl sites for hydroxylation is 1. The highest BCUT2D eigenvalue weighted by atomic mass is 32.1. The molecule has 1 amide bonds. The van der Waals surface area contributed by atoms with Crippen LogP contribution in [0.25, 0.3) is 10.2 Å². The molecular formula is C17H14N4O4S2. The Morgan fingerprint density at radius 1 is 1.33 bits per heavy atom. The zero-order valence-electron chi connectivity index (χ0n) is 14.3. The first-order valence-electron chi connectivity index (χ1n) is 7.70. The number of nitrogens with one attached hydrogen (secondary N) is 2. The number of non-ortho nitro benzene ring substituents is 1. The maximum atomic E-state index is 12.5. The van der Waals surface area contributed by atoms with Crippen molar-refractivity contribution < 1.29 is 14.5 Å². The van der Waals surface area contributed by atoms with E-state index in [4.69, 9.17) is 17.0 Å². The number of para-hydroxylation sites is 1. The number of ether oxygens (including phenoxy) is 1. The van der Waals surface area contributed by atoms with Crippen molar-refractivity contribution in [1.29, 1.82) is 0 Å². The van der Waals surface area contributed by atoms with E-state index in [1.165, 1.54) is 30.6 Å². The van der Waals surface area contributed by atoms with Gasteiger partial charge in [-0.2, -0.15) is 0 Å². The largest absolute Gasteiger partial charge is 0.496 e. The quantitative estimate of drug-likeness (QED) is 0.390. The van der Waals surface area contributed by atoms with Crippen molar-refractivity contribution in [2.45, 2.75) is 6.92 Å². The zero-order chi connectivity index (χ0) is 19.6. The summed E-state index contributed by atoms with van der Waals surface area (Å²) >= 11 is 6.37. The van der Waals surface area contributed by atoms with Crippen LogP contribution in [0.2, 0.25) is 0 Å². The Morgan fingerprint density at radius 3 is 2.81 bits per heavy atom. The minimum atomic E-state index is -0.466. The van der Waals surface area contributed by atoms with E-state index in [0.29, 0.717) is 26.7 Å². The molecule has 0 aliphatic carbocycles. The number of hydrogen-bond acceptors (Lipinski definition) is 7. The number of methoxy groups -OCH3 is 1. The molecule has 8 nitrogen and oxygen atoms in total. The number of aromatic nitrogens is 1. The van der Waals surface area contributed by atoms with Crippen LogP contribution in [0.15, 0.2) is 36.4 Å². The molecule has 2 aromatic carbocycles. The van der Waals surface area contributed by atoms with Gasteiger partial charge in [0.2, 0.25) is 0 Å². The van der Waals surface area contributed by atoms with E-state index >= 15 is 0 Å². The maximum Gasteiger partial charge on any atom is 0.270 e. The number of fused-ring (bicyclic) bond motifs is 1. The van der Waals surface area contributed by atoms with Crippen molar-refractivity contribution in [1.82, 2.24) is 10.3 Å². The van der Waals surface area contributed by atoms with Crippen LogP contribution in [0, 0.1) is 17.0 Å². The summed E-state index contributed by atoms with van der Waals surface area (Å²) in [5.41, 5.74) is 1.78. The predicted molar refractivity (Wildman–Crippen MR) is 108 cm³/mol. The number of thiazole rings is 1. The molecule has 27 heavy (non-hydrogen) atoms. The van der Waals surface area contributed by atoms with Crippen molar-refractivity contribution in [3.8, 4) is 5.75 Å². The van der Waals surface area contributed by atoms with E-state index in [0.717, 1.165) is 5.56 Å². The summed E-state index contributed by atoms with van der Waals surface area (Å²) in [4.78, 5) is 27.2. The Balaban J connectivity index is 1.74. The SMILES string of the molecule is COc1c(C)cccc1C(=O)NC(=S)Nc1nc2ccc([N+](=O)[O-])cc2s1. The molecule has 0 aliphatic rings. The van der Waals surface area contributed by atoms with Gasteiger partial charge in [-0.15, -0.1) is 0 Å². The number of amides is 1. The molecule has 2 N–H and O–H groups in total. The highest BCUT2D eigenvalue weighted by molar-refractivity contribution is 7.80. The van der Waals surface area contributed by atoms with E-state index in [-0.39, 0.29) is 10.8 Å². The summed E-state index contributed by atoms with van der Waals surface area (Å²) < 4.78 is 5.92. The number of thiocarbonyl (C=S) groups is 1. The molecule has 1 heterocycles. The predicted octanol–water partition coefficient (Wildman–Crippen LogP) is 3.65. The second kappa shape index (κ2) is 7.64. The number of carbonyl (C=O) groups is 1. The van der Waals surface area contributed by atoms with Gasteiger partial charge in [0.1, 0.15) is 5.75 Å². The van der Waals surface area contributed by atoms with Crippen molar-refractivity contribution in [3.05, 3.63) is 57.6 Å². The van der Waals surface area contributed by atoms with E-state index in [9.17, 15) is 14.9 Å². The summed E-state index contributed by atoms with van der Waals surface area (Å²) in [7, 11) is 1.50. The summed E-state index contributed by atoms with van der Waals surface area (Å²) in [6.07, 6.45) is 0. The number of rotatable bonds is 4. The van der Waals surface area contributed by atoms with Gasteiger partial charge in [0.15, 0.2) is 10.2 Å². The van der Waals surface area contributed by atoms with Crippen molar-refractivity contribution in [2.75, 3.05) is 12.4 Å². The highest BCUT2D eigenvalue weighted by Gasteiger charge is 2.16. The van der Waals surface area contributed by atoms with Gasteiger partial charge in [-0.1, -0.05) is 23.5 Å². The first-order chi connectivity index (χ1) is 12.9. The fraction of sp³-hybridized carbons (Fsp3) is 0.118. The molecule has 0 aliphatic heterocycles. The molecule has 0 radical (unpaired) electrons. The number of hydrogen-bond donors (Lipinski definition) is 2. The number of nitro groups is 1. The first kappa shape index (κ1) is 18.7. The molecule has 0 saturated heterocycles. The summed E-state index contributed by atoms with van der Waals surface area (Å²) in [6, 6.07) is 9.62. The molecule has 0 bridgehead atoms. The molecule has 0 saturated carbocycles. The molecule has 0 atom stereocenters.